The summed E-state index contributed by atoms with van der Waals surface area (Å²) in [6.45, 7) is 4.47. The van der Waals surface area contributed by atoms with Gasteiger partial charge in [-0.3, -0.25) is 0 Å². The van der Waals surface area contributed by atoms with E-state index in [1.54, 1.807) is 25.0 Å². The predicted octanol–water partition coefficient (Wildman–Crippen LogP) is 3.39. The Morgan fingerprint density at radius 2 is 2.12 bits per heavy atom. The average molecular weight is 350 g/mol. The van der Waals surface area contributed by atoms with E-state index in [2.05, 4.69) is 30.4 Å². The fraction of sp³-hybridized carbons (Fsp3) is 0.222. The van der Waals surface area contributed by atoms with E-state index in [1.807, 2.05) is 26.0 Å². The number of aromatic amines is 1. The minimum Gasteiger partial charge on any atom is -0.469 e. The Kier molecular flexibility index (Phi) is 4.22. The summed E-state index contributed by atoms with van der Waals surface area (Å²) in [5.41, 5.74) is 4.27. The molecule has 0 fully saturated rings. The van der Waals surface area contributed by atoms with Crippen LogP contribution in [0.4, 0.5) is 5.95 Å². The maximum absolute atomic E-state index is 5.45. The van der Waals surface area contributed by atoms with Crippen LogP contribution in [0.3, 0.4) is 0 Å². The van der Waals surface area contributed by atoms with Gasteiger partial charge < -0.3 is 19.2 Å². The van der Waals surface area contributed by atoms with Gasteiger partial charge in [0.05, 0.1) is 29.5 Å². The van der Waals surface area contributed by atoms with Crippen LogP contribution in [0.1, 0.15) is 17.1 Å². The van der Waals surface area contributed by atoms with E-state index in [1.165, 1.54) is 0 Å². The molecule has 0 aromatic carbocycles. The maximum atomic E-state index is 5.45. The average Bonchev–Trinajstić information content (AvgIpc) is 3.37. The summed E-state index contributed by atoms with van der Waals surface area (Å²) in [5, 5.41) is 7.20. The summed E-state index contributed by atoms with van der Waals surface area (Å²) in [6, 6.07) is 3.75. The molecule has 0 bridgehead atoms. The summed E-state index contributed by atoms with van der Waals surface area (Å²) in [4.78, 5) is 16.2. The molecule has 26 heavy (non-hydrogen) atoms. The van der Waals surface area contributed by atoms with Crippen molar-refractivity contribution in [2.45, 2.75) is 20.3 Å². The molecule has 132 valence electrons. The van der Waals surface area contributed by atoms with E-state index >= 15 is 0 Å². The lowest BCUT2D eigenvalue weighted by molar-refractivity contribution is 0.427. The Bertz CT molecular complexity index is 1000. The molecular formula is C18H18N6O2. The highest BCUT2D eigenvalue weighted by atomic mass is 16.5. The van der Waals surface area contributed by atoms with E-state index in [0.717, 1.165) is 40.4 Å². The van der Waals surface area contributed by atoms with E-state index < -0.39 is 0 Å². The number of aromatic nitrogens is 5. The SMILES string of the molecule is Cc1cc(-c2cnc(NCCc3cnc[nH]3)nc2-c2ccoc2C)on1. The van der Waals surface area contributed by atoms with Crippen molar-refractivity contribution < 1.29 is 8.94 Å². The van der Waals surface area contributed by atoms with Crippen LogP contribution in [-0.4, -0.2) is 31.6 Å². The molecule has 4 heterocycles. The normalized spacial score (nSPS) is 11.0. The number of H-pyrrole nitrogens is 1. The first kappa shape index (κ1) is 16.1. The molecule has 0 amide bonds. The summed E-state index contributed by atoms with van der Waals surface area (Å²) >= 11 is 0. The number of aryl methyl sites for hydroxylation is 2. The van der Waals surface area contributed by atoms with Crippen LogP contribution in [-0.2, 0) is 6.42 Å². The Balaban J connectivity index is 1.64. The third-order valence-corrected chi connectivity index (χ3v) is 4.03. The molecule has 0 unspecified atom stereocenters. The quantitative estimate of drug-likeness (QED) is 0.549. The molecule has 0 aliphatic rings. The van der Waals surface area contributed by atoms with Crippen molar-refractivity contribution in [1.82, 2.24) is 25.1 Å². The van der Waals surface area contributed by atoms with Gasteiger partial charge in [0, 0.05) is 42.7 Å². The van der Waals surface area contributed by atoms with Gasteiger partial charge in [-0.2, -0.15) is 0 Å². The predicted molar refractivity (Wildman–Crippen MR) is 95.5 cm³/mol. The van der Waals surface area contributed by atoms with Crippen LogP contribution in [0.2, 0.25) is 0 Å². The van der Waals surface area contributed by atoms with E-state index in [9.17, 15) is 0 Å². The number of hydrogen-bond acceptors (Lipinski definition) is 7. The second kappa shape index (κ2) is 6.83. The molecule has 0 radical (unpaired) electrons. The fourth-order valence-electron chi connectivity index (χ4n) is 2.70. The van der Waals surface area contributed by atoms with E-state index in [0.29, 0.717) is 18.3 Å². The van der Waals surface area contributed by atoms with Crippen LogP contribution in [0, 0.1) is 13.8 Å². The van der Waals surface area contributed by atoms with Gasteiger partial charge in [-0.25, -0.2) is 15.0 Å². The van der Waals surface area contributed by atoms with Gasteiger partial charge in [0.15, 0.2) is 5.76 Å². The Hall–Kier alpha value is -3.42. The van der Waals surface area contributed by atoms with Gasteiger partial charge in [-0.05, 0) is 19.9 Å². The van der Waals surface area contributed by atoms with E-state index in [4.69, 9.17) is 8.94 Å². The first-order chi connectivity index (χ1) is 12.7. The molecule has 0 spiro atoms. The minimum atomic E-state index is 0.542. The zero-order chi connectivity index (χ0) is 17.9. The highest BCUT2D eigenvalue weighted by Crippen LogP contribution is 2.33. The standard InChI is InChI=1S/C18H18N6O2/c1-11-7-16(26-24-11)15-9-21-18(20-5-3-13-8-19-10-22-13)23-17(15)14-4-6-25-12(14)2/h4,6-10H,3,5H2,1-2H3,(H,19,22)(H,20,21,23). The van der Waals surface area contributed by atoms with Gasteiger partial charge in [-0.1, -0.05) is 5.16 Å². The smallest absolute Gasteiger partial charge is 0.223 e. The summed E-state index contributed by atoms with van der Waals surface area (Å²) in [6.07, 6.45) is 7.66. The number of furan rings is 1. The molecule has 8 heteroatoms. The van der Waals surface area contributed by atoms with Gasteiger partial charge in [0.2, 0.25) is 5.95 Å². The highest BCUT2D eigenvalue weighted by molar-refractivity contribution is 5.79. The van der Waals surface area contributed by atoms with Crippen LogP contribution >= 0.6 is 0 Å². The monoisotopic (exact) mass is 350 g/mol. The van der Waals surface area contributed by atoms with Gasteiger partial charge in [0.1, 0.15) is 5.76 Å². The first-order valence-corrected chi connectivity index (χ1v) is 8.27. The molecule has 0 saturated heterocycles. The summed E-state index contributed by atoms with van der Waals surface area (Å²) in [7, 11) is 0. The van der Waals surface area contributed by atoms with Crippen molar-refractivity contribution in [3.8, 4) is 22.6 Å². The molecule has 4 rings (SSSR count). The van der Waals surface area contributed by atoms with E-state index in [-0.39, 0.29) is 0 Å². The van der Waals surface area contributed by atoms with Gasteiger partial charge in [0.25, 0.3) is 0 Å². The molecule has 8 nitrogen and oxygen atoms in total. The zero-order valence-electron chi connectivity index (χ0n) is 14.5. The third kappa shape index (κ3) is 3.21. The van der Waals surface area contributed by atoms with Crippen LogP contribution in [0.15, 0.2) is 46.1 Å². The Morgan fingerprint density at radius 1 is 1.19 bits per heavy atom. The van der Waals surface area contributed by atoms with Gasteiger partial charge >= 0.3 is 0 Å². The third-order valence-electron chi connectivity index (χ3n) is 4.03. The molecule has 0 aliphatic heterocycles. The topological polar surface area (TPSA) is 106 Å². The van der Waals surface area contributed by atoms with Crippen molar-refractivity contribution in [1.29, 1.82) is 0 Å². The summed E-state index contributed by atoms with van der Waals surface area (Å²) in [5.74, 6) is 1.95. The molecule has 4 aromatic rings. The van der Waals surface area contributed by atoms with Crippen LogP contribution < -0.4 is 5.32 Å². The second-order valence-corrected chi connectivity index (χ2v) is 5.93. The van der Waals surface area contributed by atoms with Crippen molar-refractivity contribution in [3.63, 3.8) is 0 Å². The number of hydrogen-bond donors (Lipinski definition) is 2. The zero-order valence-corrected chi connectivity index (χ0v) is 14.5. The molecule has 4 aromatic heterocycles. The fourth-order valence-corrected chi connectivity index (χ4v) is 2.70. The molecule has 0 atom stereocenters. The molecule has 0 saturated carbocycles. The Morgan fingerprint density at radius 3 is 2.81 bits per heavy atom. The van der Waals surface area contributed by atoms with Crippen molar-refractivity contribution >= 4 is 5.95 Å². The lowest BCUT2D eigenvalue weighted by Crippen LogP contribution is -2.09. The molecular weight excluding hydrogens is 332 g/mol. The van der Waals surface area contributed by atoms with Crippen LogP contribution in [0.5, 0.6) is 0 Å². The summed E-state index contributed by atoms with van der Waals surface area (Å²) < 4.78 is 10.9. The van der Waals surface area contributed by atoms with Gasteiger partial charge in [-0.15, -0.1) is 0 Å². The van der Waals surface area contributed by atoms with Crippen molar-refractivity contribution in [3.05, 3.63) is 54.3 Å². The van der Waals surface area contributed by atoms with Crippen molar-refractivity contribution in [2.75, 3.05) is 11.9 Å². The molecule has 2 N–H and O–H groups in total. The number of nitrogens with zero attached hydrogens (tertiary/aromatic N) is 4. The molecule has 0 aliphatic carbocycles. The second-order valence-electron chi connectivity index (χ2n) is 5.93. The lowest BCUT2D eigenvalue weighted by Gasteiger charge is -2.09. The van der Waals surface area contributed by atoms with Crippen LogP contribution in [0.25, 0.3) is 22.6 Å². The highest BCUT2D eigenvalue weighted by Gasteiger charge is 2.18. The Labute approximate surface area is 149 Å². The largest absolute Gasteiger partial charge is 0.469 e. The number of imidazole rings is 1. The minimum absolute atomic E-state index is 0.542. The maximum Gasteiger partial charge on any atom is 0.223 e. The number of rotatable bonds is 6. The number of nitrogens with one attached hydrogen (secondary N) is 2. The number of anilines is 1. The first-order valence-electron chi connectivity index (χ1n) is 8.27. The van der Waals surface area contributed by atoms with Crippen molar-refractivity contribution in [2.24, 2.45) is 0 Å². The lowest BCUT2D eigenvalue weighted by atomic mass is 10.1.